The molecule has 0 saturated heterocycles. The first kappa shape index (κ1) is 15.9. The summed E-state index contributed by atoms with van der Waals surface area (Å²) < 4.78 is 0. The summed E-state index contributed by atoms with van der Waals surface area (Å²) in [5, 5.41) is 4.39. The molecule has 1 aromatic carbocycles. The van der Waals surface area contributed by atoms with Crippen LogP contribution in [0.5, 0.6) is 0 Å². The molecule has 3 unspecified atom stereocenters. The number of halogens is 1. The summed E-state index contributed by atoms with van der Waals surface area (Å²) in [6, 6.07) is 8.55. The van der Waals surface area contributed by atoms with Crippen LogP contribution >= 0.6 is 11.6 Å². The molecule has 0 amide bonds. The molecule has 0 heterocycles. The van der Waals surface area contributed by atoms with Crippen LogP contribution in [-0.2, 0) is 0 Å². The van der Waals surface area contributed by atoms with Gasteiger partial charge in [0.1, 0.15) is 0 Å². The molecule has 1 aromatic rings. The second-order valence-corrected chi connectivity index (χ2v) is 6.98. The van der Waals surface area contributed by atoms with Gasteiger partial charge in [0.25, 0.3) is 0 Å². The van der Waals surface area contributed by atoms with Crippen molar-refractivity contribution in [2.75, 3.05) is 13.1 Å². The van der Waals surface area contributed by atoms with Crippen molar-refractivity contribution < 1.29 is 0 Å². The van der Waals surface area contributed by atoms with E-state index in [1.54, 1.807) is 0 Å². The van der Waals surface area contributed by atoms with Crippen LogP contribution < -0.4 is 5.32 Å². The molecule has 112 valence electrons. The highest BCUT2D eigenvalue weighted by atomic mass is 35.5. The summed E-state index contributed by atoms with van der Waals surface area (Å²) in [4.78, 5) is 0. The Morgan fingerprint density at radius 2 is 1.90 bits per heavy atom. The first-order valence-electron chi connectivity index (χ1n) is 8.08. The fraction of sp³-hybridized carbons (Fsp3) is 0.667. The monoisotopic (exact) mass is 293 g/mol. The van der Waals surface area contributed by atoms with Gasteiger partial charge in [0.05, 0.1) is 0 Å². The molecule has 1 saturated carbocycles. The van der Waals surface area contributed by atoms with Crippen molar-refractivity contribution in [3.05, 3.63) is 34.9 Å². The second kappa shape index (κ2) is 7.47. The average Bonchev–Trinajstić information content (AvgIpc) is 2.45. The van der Waals surface area contributed by atoms with E-state index in [9.17, 15) is 0 Å². The second-order valence-electron chi connectivity index (χ2n) is 6.54. The van der Waals surface area contributed by atoms with Gasteiger partial charge < -0.3 is 5.32 Å². The van der Waals surface area contributed by atoms with Crippen molar-refractivity contribution in [2.24, 2.45) is 17.8 Å². The predicted octanol–water partition coefficient (Wildman–Crippen LogP) is 5.11. The van der Waals surface area contributed by atoms with E-state index in [2.05, 4.69) is 38.2 Å². The Bertz CT molecular complexity index is 398. The van der Waals surface area contributed by atoms with Crippen molar-refractivity contribution in [3.63, 3.8) is 0 Å². The summed E-state index contributed by atoms with van der Waals surface area (Å²) in [5.74, 6) is 3.12. The van der Waals surface area contributed by atoms with E-state index in [-0.39, 0.29) is 0 Å². The zero-order chi connectivity index (χ0) is 14.5. The predicted molar refractivity (Wildman–Crippen MR) is 88.4 cm³/mol. The van der Waals surface area contributed by atoms with Crippen LogP contribution in [0.3, 0.4) is 0 Å². The largest absolute Gasteiger partial charge is 0.317 e. The Balaban J connectivity index is 2.14. The molecule has 20 heavy (non-hydrogen) atoms. The standard InChI is InChI=1S/C18H28ClN/c1-4-20-12-16-6-5-15(13(2)3)11-18(16)14-7-9-17(19)10-8-14/h7-10,13,15-16,18,20H,4-6,11-12H2,1-3H3. The molecule has 0 aromatic heterocycles. The fourth-order valence-corrected chi connectivity index (χ4v) is 3.69. The van der Waals surface area contributed by atoms with Crippen molar-refractivity contribution >= 4 is 11.6 Å². The van der Waals surface area contributed by atoms with Gasteiger partial charge in [0, 0.05) is 5.02 Å². The third-order valence-electron chi connectivity index (χ3n) is 4.93. The van der Waals surface area contributed by atoms with Crippen molar-refractivity contribution in [1.29, 1.82) is 0 Å². The van der Waals surface area contributed by atoms with Gasteiger partial charge in [-0.1, -0.05) is 44.5 Å². The van der Waals surface area contributed by atoms with Crippen molar-refractivity contribution in [2.45, 2.75) is 46.0 Å². The van der Waals surface area contributed by atoms with Gasteiger partial charge in [0.2, 0.25) is 0 Å². The molecule has 0 bridgehead atoms. The summed E-state index contributed by atoms with van der Waals surface area (Å²) in [5.41, 5.74) is 1.47. The lowest BCUT2D eigenvalue weighted by atomic mass is 9.68. The topological polar surface area (TPSA) is 12.0 Å². The first-order chi connectivity index (χ1) is 9.61. The summed E-state index contributed by atoms with van der Waals surface area (Å²) in [7, 11) is 0. The van der Waals surface area contributed by atoms with Gasteiger partial charge in [-0.15, -0.1) is 0 Å². The third kappa shape index (κ3) is 3.99. The summed E-state index contributed by atoms with van der Waals surface area (Å²) >= 11 is 6.04. The van der Waals surface area contributed by atoms with Crippen LogP contribution in [0.4, 0.5) is 0 Å². The highest BCUT2D eigenvalue weighted by molar-refractivity contribution is 6.30. The van der Waals surface area contributed by atoms with Crippen LogP contribution in [0.1, 0.15) is 51.5 Å². The normalized spacial score (nSPS) is 26.9. The minimum atomic E-state index is 0.687. The highest BCUT2D eigenvalue weighted by Crippen LogP contribution is 2.43. The molecular formula is C18H28ClN. The van der Waals surface area contributed by atoms with E-state index >= 15 is 0 Å². The number of nitrogens with one attached hydrogen (secondary N) is 1. The van der Waals surface area contributed by atoms with Gasteiger partial charge >= 0.3 is 0 Å². The van der Waals surface area contributed by atoms with E-state index in [0.29, 0.717) is 5.92 Å². The fourth-order valence-electron chi connectivity index (χ4n) is 3.56. The minimum absolute atomic E-state index is 0.687. The van der Waals surface area contributed by atoms with E-state index in [0.717, 1.165) is 35.9 Å². The van der Waals surface area contributed by atoms with Gasteiger partial charge in [-0.2, -0.15) is 0 Å². The Morgan fingerprint density at radius 1 is 1.20 bits per heavy atom. The lowest BCUT2D eigenvalue weighted by molar-refractivity contribution is 0.191. The van der Waals surface area contributed by atoms with Crippen LogP contribution in [-0.4, -0.2) is 13.1 Å². The maximum Gasteiger partial charge on any atom is 0.0406 e. The molecule has 3 atom stereocenters. The molecule has 1 aliphatic carbocycles. The number of benzene rings is 1. The van der Waals surface area contributed by atoms with Crippen molar-refractivity contribution in [1.82, 2.24) is 5.32 Å². The highest BCUT2D eigenvalue weighted by Gasteiger charge is 2.32. The van der Waals surface area contributed by atoms with E-state index in [1.165, 1.54) is 24.8 Å². The van der Waals surface area contributed by atoms with Crippen LogP contribution in [0.2, 0.25) is 5.02 Å². The van der Waals surface area contributed by atoms with Crippen LogP contribution in [0.25, 0.3) is 0 Å². The Labute approximate surface area is 129 Å². The maximum atomic E-state index is 6.04. The third-order valence-corrected chi connectivity index (χ3v) is 5.18. The molecular weight excluding hydrogens is 266 g/mol. The molecule has 1 nitrogen and oxygen atoms in total. The average molecular weight is 294 g/mol. The summed E-state index contributed by atoms with van der Waals surface area (Å²) in [6.45, 7) is 9.14. The molecule has 0 spiro atoms. The minimum Gasteiger partial charge on any atom is -0.317 e. The molecule has 0 radical (unpaired) electrons. The smallest absolute Gasteiger partial charge is 0.0406 e. The number of rotatable bonds is 5. The van der Waals surface area contributed by atoms with Gasteiger partial charge in [-0.05, 0) is 73.7 Å². The Morgan fingerprint density at radius 3 is 2.50 bits per heavy atom. The van der Waals surface area contributed by atoms with E-state index < -0.39 is 0 Å². The quantitative estimate of drug-likeness (QED) is 0.796. The van der Waals surface area contributed by atoms with Crippen molar-refractivity contribution in [3.8, 4) is 0 Å². The first-order valence-corrected chi connectivity index (χ1v) is 8.45. The zero-order valence-corrected chi connectivity index (χ0v) is 13.8. The Hall–Kier alpha value is -0.530. The lowest BCUT2D eigenvalue weighted by Crippen LogP contribution is -2.33. The van der Waals surface area contributed by atoms with E-state index in [1.807, 2.05) is 12.1 Å². The molecule has 1 fully saturated rings. The molecule has 0 aliphatic heterocycles. The maximum absolute atomic E-state index is 6.04. The zero-order valence-electron chi connectivity index (χ0n) is 13.0. The number of hydrogen-bond donors (Lipinski definition) is 1. The molecule has 2 heteroatoms. The van der Waals surface area contributed by atoms with Crippen LogP contribution in [0.15, 0.2) is 24.3 Å². The van der Waals surface area contributed by atoms with E-state index in [4.69, 9.17) is 11.6 Å². The van der Waals surface area contributed by atoms with Gasteiger partial charge in [0.15, 0.2) is 0 Å². The van der Waals surface area contributed by atoms with Crippen LogP contribution in [0, 0.1) is 17.8 Å². The molecule has 1 aliphatic rings. The van der Waals surface area contributed by atoms with Gasteiger partial charge in [-0.25, -0.2) is 0 Å². The number of hydrogen-bond acceptors (Lipinski definition) is 1. The lowest BCUT2D eigenvalue weighted by Gasteiger charge is -2.38. The summed E-state index contributed by atoms with van der Waals surface area (Å²) in [6.07, 6.45) is 4.07. The SMILES string of the molecule is CCNCC1CCC(C(C)C)CC1c1ccc(Cl)cc1. The molecule has 1 N–H and O–H groups in total. The van der Waals surface area contributed by atoms with Gasteiger partial charge in [-0.3, -0.25) is 0 Å². The molecule has 2 rings (SSSR count). The Kier molecular flexibility index (Phi) is 5.92.